The van der Waals surface area contributed by atoms with E-state index in [0.29, 0.717) is 18.6 Å². The van der Waals surface area contributed by atoms with Crippen LogP contribution in [0.25, 0.3) is 11.1 Å². The van der Waals surface area contributed by atoms with Crippen molar-refractivity contribution >= 4 is 12.3 Å². The summed E-state index contributed by atoms with van der Waals surface area (Å²) in [5.41, 5.74) is 10.3. The van der Waals surface area contributed by atoms with E-state index in [1.807, 2.05) is 12.1 Å². The minimum absolute atomic E-state index is 0.244. The summed E-state index contributed by atoms with van der Waals surface area (Å²) in [4.78, 5) is 24.2. The van der Waals surface area contributed by atoms with Gasteiger partial charge in [0.2, 0.25) is 0 Å². The maximum Gasteiger partial charge on any atom is 0.282 e. The summed E-state index contributed by atoms with van der Waals surface area (Å²) in [5, 5.41) is 0. The van der Waals surface area contributed by atoms with Crippen molar-refractivity contribution in [3.8, 4) is 11.1 Å². The molecule has 2 N–H and O–H groups in total. The van der Waals surface area contributed by atoms with Crippen LogP contribution in [-0.2, 0) is 17.6 Å². The molecule has 0 saturated carbocycles. The van der Waals surface area contributed by atoms with Gasteiger partial charge in [-0.1, -0.05) is 12.1 Å². The Labute approximate surface area is 133 Å². The van der Waals surface area contributed by atoms with Gasteiger partial charge in [-0.05, 0) is 29.5 Å². The molecule has 1 aliphatic heterocycles. The predicted molar refractivity (Wildman–Crippen MR) is 85.2 cm³/mol. The highest BCUT2D eigenvalue weighted by Crippen LogP contribution is 2.39. The Morgan fingerprint density at radius 3 is 2.74 bits per heavy atom. The molecule has 4 rings (SSSR count). The molecule has 0 radical (unpaired) electrons. The van der Waals surface area contributed by atoms with Crippen molar-refractivity contribution in [3.63, 3.8) is 0 Å². The molecular formula is C17H16N4O2. The summed E-state index contributed by atoms with van der Waals surface area (Å²) < 4.78 is 5.37. The summed E-state index contributed by atoms with van der Waals surface area (Å²) in [6.45, 7) is 0.481. The Morgan fingerprint density at radius 1 is 1.22 bits per heavy atom. The van der Waals surface area contributed by atoms with Crippen LogP contribution in [0.1, 0.15) is 27.9 Å². The number of carbonyl (C=O) groups is 1. The standard InChI is InChI=1S/C17H16N4O2/c18-16-21-17(9-23-16)4-3-14-13(12-6-19-10-20-7-12)2-1-11(8-22)15(14)5-17/h1-2,6-8,10H,3-5,9H2,(H2,18,21). The first-order chi connectivity index (χ1) is 11.2. The molecule has 0 fully saturated rings. The quantitative estimate of drug-likeness (QED) is 0.850. The molecule has 2 aliphatic rings. The topological polar surface area (TPSA) is 90.5 Å². The lowest BCUT2D eigenvalue weighted by Crippen LogP contribution is -2.36. The minimum atomic E-state index is -0.333. The number of carbonyl (C=O) groups excluding carboxylic acids is 1. The van der Waals surface area contributed by atoms with Gasteiger partial charge in [-0.2, -0.15) is 0 Å². The van der Waals surface area contributed by atoms with E-state index in [1.165, 1.54) is 11.9 Å². The van der Waals surface area contributed by atoms with E-state index >= 15 is 0 Å². The number of fused-ring (bicyclic) bond motifs is 1. The van der Waals surface area contributed by atoms with Crippen molar-refractivity contribution in [1.29, 1.82) is 0 Å². The lowest BCUT2D eigenvalue weighted by atomic mass is 9.75. The highest BCUT2D eigenvalue weighted by molar-refractivity contribution is 5.82. The van der Waals surface area contributed by atoms with E-state index in [2.05, 4.69) is 15.0 Å². The molecule has 23 heavy (non-hydrogen) atoms. The van der Waals surface area contributed by atoms with Crippen molar-refractivity contribution in [2.45, 2.75) is 24.8 Å². The number of hydrogen-bond acceptors (Lipinski definition) is 6. The number of aliphatic imine (C=N–C) groups is 1. The van der Waals surface area contributed by atoms with Crippen LogP contribution >= 0.6 is 0 Å². The van der Waals surface area contributed by atoms with Crippen LogP contribution in [-0.4, -0.2) is 34.4 Å². The van der Waals surface area contributed by atoms with Crippen LogP contribution < -0.4 is 5.73 Å². The first-order valence-electron chi connectivity index (χ1n) is 7.54. The largest absolute Gasteiger partial charge is 0.463 e. The summed E-state index contributed by atoms with van der Waals surface area (Å²) in [5.74, 6) is 0. The fourth-order valence-electron chi connectivity index (χ4n) is 3.52. The average molecular weight is 308 g/mol. The van der Waals surface area contributed by atoms with Crippen molar-refractivity contribution in [2.24, 2.45) is 10.7 Å². The van der Waals surface area contributed by atoms with E-state index in [0.717, 1.165) is 35.8 Å². The molecule has 6 heteroatoms. The molecule has 1 unspecified atom stereocenters. The molecule has 0 amide bonds. The third-order valence-corrected chi connectivity index (χ3v) is 4.65. The summed E-state index contributed by atoms with van der Waals surface area (Å²) in [6.07, 6.45) is 8.35. The zero-order valence-corrected chi connectivity index (χ0v) is 12.5. The van der Waals surface area contributed by atoms with Crippen molar-refractivity contribution < 1.29 is 9.53 Å². The molecule has 116 valence electrons. The molecular weight excluding hydrogens is 292 g/mol. The van der Waals surface area contributed by atoms with Gasteiger partial charge >= 0.3 is 0 Å². The Morgan fingerprint density at radius 2 is 2.04 bits per heavy atom. The van der Waals surface area contributed by atoms with Gasteiger partial charge in [-0.3, -0.25) is 4.79 Å². The molecule has 2 heterocycles. The Hall–Kier alpha value is -2.76. The second kappa shape index (κ2) is 5.15. The van der Waals surface area contributed by atoms with Crippen molar-refractivity contribution in [1.82, 2.24) is 9.97 Å². The summed E-state index contributed by atoms with van der Waals surface area (Å²) in [7, 11) is 0. The van der Waals surface area contributed by atoms with Gasteiger partial charge in [0.25, 0.3) is 6.02 Å². The zero-order valence-electron chi connectivity index (χ0n) is 12.5. The second-order valence-electron chi connectivity index (χ2n) is 6.04. The van der Waals surface area contributed by atoms with E-state index in [9.17, 15) is 4.79 Å². The lowest BCUT2D eigenvalue weighted by Gasteiger charge is -2.32. The molecule has 6 nitrogen and oxygen atoms in total. The van der Waals surface area contributed by atoms with Gasteiger partial charge in [0.15, 0.2) is 0 Å². The summed E-state index contributed by atoms with van der Waals surface area (Å²) >= 11 is 0. The minimum Gasteiger partial charge on any atom is -0.463 e. The van der Waals surface area contributed by atoms with Gasteiger partial charge in [0.1, 0.15) is 24.8 Å². The zero-order chi connectivity index (χ0) is 15.9. The maximum absolute atomic E-state index is 11.5. The number of hydrogen-bond donors (Lipinski definition) is 1. The van der Waals surface area contributed by atoms with Crippen LogP contribution in [0.4, 0.5) is 0 Å². The molecule has 0 saturated heterocycles. The fourth-order valence-corrected chi connectivity index (χ4v) is 3.52. The molecule has 0 bridgehead atoms. The molecule has 1 spiro atoms. The number of ether oxygens (including phenoxy) is 1. The van der Waals surface area contributed by atoms with Crippen LogP contribution in [0.15, 0.2) is 35.8 Å². The molecule has 1 aromatic carbocycles. The third-order valence-electron chi connectivity index (χ3n) is 4.65. The van der Waals surface area contributed by atoms with Crippen LogP contribution in [0.5, 0.6) is 0 Å². The third kappa shape index (κ3) is 2.27. The molecule has 1 aromatic heterocycles. The highest BCUT2D eigenvalue weighted by atomic mass is 16.5. The number of aromatic nitrogens is 2. The van der Waals surface area contributed by atoms with Gasteiger partial charge in [-0.25, -0.2) is 15.0 Å². The maximum atomic E-state index is 11.5. The van der Waals surface area contributed by atoms with Crippen molar-refractivity contribution in [2.75, 3.05) is 6.61 Å². The molecule has 1 atom stereocenters. The fraction of sp³-hybridized carbons (Fsp3) is 0.294. The van der Waals surface area contributed by atoms with Crippen LogP contribution in [0.2, 0.25) is 0 Å². The Kier molecular flexibility index (Phi) is 3.11. The average Bonchev–Trinajstić information content (AvgIpc) is 2.94. The normalized spacial score (nSPS) is 22.3. The number of aldehydes is 1. The van der Waals surface area contributed by atoms with Gasteiger partial charge in [0.05, 0.1) is 0 Å². The number of amidine groups is 1. The lowest BCUT2D eigenvalue weighted by molar-refractivity contribution is 0.112. The van der Waals surface area contributed by atoms with E-state index < -0.39 is 0 Å². The summed E-state index contributed by atoms with van der Waals surface area (Å²) in [6, 6.07) is 4.08. The first kappa shape index (κ1) is 13.9. The monoisotopic (exact) mass is 308 g/mol. The predicted octanol–water partition coefficient (Wildman–Crippen LogP) is 1.53. The first-order valence-corrected chi connectivity index (χ1v) is 7.54. The van der Waals surface area contributed by atoms with Crippen LogP contribution in [0, 0.1) is 0 Å². The second-order valence-corrected chi connectivity index (χ2v) is 6.04. The number of rotatable bonds is 2. The van der Waals surface area contributed by atoms with Gasteiger partial charge in [-0.15, -0.1) is 0 Å². The number of nitrogens with two attached hydrogens (primary N) is 1. The molecule has 2 aromatic rings. The van der Waals surface area contributed by atoms with Crippen molar-refractivity contribution in [3.05, 3.63) is 47.5 Å². The highest BCUT2D eigenvalue weighted by Gasteiger charge is 2.40. The smallest absolute Gasteiger partial charge is 0.282 e. The Bertz CT molecular complexity index is 804. The van der Waals surface area contributed by atoms with Gasteiger partial charge in [0, 0.05) is 29.9 Å². The Balaban J connectivity index is 1.84. The van der Waals surface area contributed by atoms with E-state index in [-0.39, 0.29) is 11.6 Å². The number of benzene rings is 1. The van der Waals surface area contributed by atoms with E-state index in [4.69, 9.17) is 10.5 Å². The molecule has 1 aliphatic carbocycles. The SMILES string of the molecule is NC1=NC2(CCc3c(-c4cncnc4)ccc(C=O)c3C2)CO1. The number of nitrogens with zero attached hydrogens (tertiary/aromatic N) is 3. The van der Waals surface area contributed by atoms with E-state index in [1.54, 1.807) is 12.4 Å². The van der Waals surface area contributed by atoms with Crippen LogP contribution in [0.3, 0.4) is 0 Å². The van der Waals surface area contributed by atoms with Gasteiger partial charge < -0.3 is 10.5 Å².